The molecule has 5 heteroatoms. The largest absolute Gasteiger partial charge is 0.340 e. The molecule has 2 aromatic heterocycles. The molecule has 0 aliphatic rings. The van der Waals surface area contributed by atoms with E-state index in [1.165, 1.54) is 16.7 Å². The van der Waals surface area contributed by atoms with Gasteiger partial charge in [-0.25, -0.2) is 14.6 Å². The van der Waals surface area contributed by atoms with Crippen molar-refractivity contribution in [3.05, 3.63) is 97.0 Å². The van der Waals surface area contributed by atoms with Crippen LogP contribution in [0.3, 0.4) is 0 Å². The van der Waals surface area contributed by atoms with Crippen LogP contribution >= 0.6 is 0 Å². The van der Waals surface area contributed by atoms with Gasteiger partial charge in [-0.2, -0.15) is 5.10 Å². The molecule has 2 heterocycles. The number of aryl methyl sites for hydroxylation is 1. The van der Waals surface area contributed by atoms with Crippen LogP contribution in [0.1, 0.15) is 5.56 Å². The Morgan fingerprint density at radius 2 is 1.48 bits per heavy atom. The molecule has 0 amide bonds. The van der Waals surface area contributed by atoms with E-state index in [2.05, 4.69) is 75.8 Å². The average molecular weight is 377 g/mol. The highest BCUT2D eigenvalue weighted by Crippen LogP contribution is 2.26. The number of nitrogens with zero attached hydrogens (tertiary/aromatic N) is 4. The Morgan fingerprint density at radius 3 is 2.24 bits per heavy atom. The van der Waals surface area contributed by atoms with Crippen LogP contribution in [0.15, 0.2) is 91.4 Å². The number of anilines is 2. The predicted molar refractivity (Wildman–Crippen MR) is 117 cm³/mol. The summed E-state index contributed by atoms with van der Waals surface area (Å²) in [5.41, 5.74) is 6.29. The summed E-state index contributed by atoms with van der Waals surface area (Å²) in [5, 5.41) is 8.80. The van der Waals surface area contributed by atoms with Crippen LogP contribution < -0.4 is 5.32 Å². The molecule has 140 valence electrons. The molecular formula is C24H19N5. The van der Waals surface area contributed by atoms with Crippen molar-refractivity contribution in [2.45, 2.75) is 6.92 Å². The fourth-order valence-electron chi connectivity index (χ4n) is 3.33. The predicted octanol–water partition coefficient (Wildman–Crippen LogP) is 5.53. The van der Waals surface area contributed by atoms with E-state index >= 15 is 0 Å². The number of aromatic nitrogens is 4. The van der Waals surface area contributed by atoms with Crippen LogP contribution in [0, 0.1) is 6.92 Å². The zero-order valence-corrected chi connectivity index (χ0v) is 15.9. The summed E-state index contributed by atoms with van der Waals surface area (Å²) in [4.78, 5) is 8.87. The fraction of sp³-hybridized carbons (Fsp3) is 0.0417. The van der Waals surface area contributed by atoms with Gasteiger partial charge in [-0.15, -0.1) is 0 Å². The number of nitrogens with one attached hydrogen (secondary N) is 1. The van der Waals surface area contributed by atoms with Gasteiger partial charge in [-0.1, -0.05) is 60.2 Å². The van der Waals surface area contributed by atoms with Crippen molar-refractivity contribution in [3.63, 3.8) is 0 Å². The zero-order valence-electron chi connectivity index (χ0n) is 15.9. The summed E-state index contributed by atoms with van der Waals surface area (Å²) >= 11 is 0. The van der Waals surface area contributed by atoms with Gasteiger partial charge in [0.05, 0.1) is 17.3 Å². The van der Waals surface area contributed by atoms with Gasteiger partial charge in [0.15, 0.2) is 5.65 Å². The number of benzene rings is 3. The third-order valence-electron chi connectivity index (χ3n) is 4.90. The number of hydrogen-bond acceptors (Lipinski definition) is 4. The van der Waals surface area contributed by atoms with Gasteiger partial charge < -0.3 is 5.32 Å². The summed E-state index contributed by atoms with van der Waals surface area (Å²) in [7, 11) is 0. The van der Waals surface area contributed by atoms with E-state index in [1.54, 1.807) is 12.5 Å². The highest BCUT2D eigenvalue weighted by Gasteiger charge is 2.11. The molecule has 5 rings (SSSR count). The molecule has 0 aliphatic carbocycles. The molecule has 0 spiro atoms. The molecule has 3 aromatic carbocycles. The normalized spacial score (nSPS) is 10.9. The Labute approximate surface area is 168 Å². The van der Waals surface area contributed by atoms with Crippen molar-refractivity contribution in [1.82, 2.24) is 19.7 Å². The van der Waals surface area contributed by atoms with Crippen LogP contribution in [0.25, 0.3) is 27.8 Å². The summed E-state index contributed by atoms with van der Waals surface area (Å²) in [6.45, 7) is 2.07. The van der Waals surface area contributed by atoms with Gasteiger partial charge in [0, 0.05) is 5.69 Å². The topological polar surface area (TPSA) is 55.6 Å². The minimum absolute atomic E-state index is 0.737. The van der Waals surface area contributed by atoms with Gasteiger partial charge in [0.2, 0.25) is 0 Å². The lowest BCUT2D eigenvalue weighted by molar-refractivity contribution is 0.894. The third kappa shape index (κ3) is 3.34. The maximum Gasteiger partial charge on any atom is 0.168 e. The Bertz CT molecular complexity index is 1260. The first kappa shape index (κ1) is 17.1. The molecule has 29 heavy (non-hydrogen) atoms. The van der Waals surface area contributed by atoms with Gasteiger partial charge in [-0.3, -0.25) is 0 Å². The van der Waals surface area contributed by atoms with Crippen molar-refractivity contribution in [1.29, 1.82) is 0 Å². The van der Waals surface area contributed by atoms with Gasteiger partial charge in [-0.05, 0) is 42.3 Å². The molecule has 5 aromatic rings. The van der Waals surface area contributed by atoms with Crippen molar-refractivity contribution in [3.8, 4) is 16.8 Å². The summed E-state index contributed by atoms with van der Waals surface area (Å²) in [6.07, 6.45) is 3.37. The summed E-state index contributed by atoms with van der Waals surface area (Å²) in [5.74, 6) is 0.737. The lowest BCUT2D eigenvalue weighted by Crippen LogP contribution is -1.99. The smallest absolute Gasteiger partial charge is 0.168 e. The highest BCUT2D eigenvalue weighted by molar-refractivity contribution is 5.89. The quantitative estimate of drug-likeness (QED) is 0.447. The van der Waals surface area contributed by atoms with Gasteiger partial charge >= 0.3 is 0 Å². The van der Waals surface area contributed by atoms with Crippen LogP contribution in [0.4, 0.5) is 11.5 Å². The lowest BCUT2D eigenvalue weighted by Gasteiger charge is -2.08. The molecule has 1 N–H and O–H groups in total. The summed E-state index contributed by atoms with van der Waals surface area (Å²) in [6, 6.07) is 26.9. The van der Waals surface area contributed by atoms with E-state index in [0.29, 0.717) is 0 Å². The van der Waals surface area contributed by atoms with E-state index < -0.39 is 0 Å². The minimum Gasteiger partial charge on any atom is -0.340 e. The molecular weight excluding hydrogens is 358 g/mol. The van der Waals surface area contributed by atoms with Crippen molar-refractivity contribution in [2.75, 3.05) is 5.32 Å². The standard InChI is InChI=1S/C24H19N5/c1-17-7-13-21(14-8-17)29-24-22(15-27-29)23(25-16-26-24)28-20-11-9-19(10-12-20)18-5-3-2-4-6-18/h2-16H,1H3,(H,25,26,28). The lowest BCUT2D eigenvalue weighted by atomic mass is 10.1. The van der Waals surface area contributed by atoms with Gasteiger partial charge in [0.25, 0.3) is 0 Å². The first-order valence-corrected chi connectivity index (χ1v) is 9.46. The van der Waals surface area contributed by atoms with Crippen LogP contribution in [-0.4, -0.2) is 19.7 Å². The third-order valence-corrected chi connectivity index (χ3v) is 4.90. The molecule has 0 fully saturated rings. The molecule has 0 saturated carbocycles. The fourth-order valence-corrected chi connectivity index (χ4v) is 3.33. The first-order valence-electron chi connectivity index (χ1n) is 9.46. The van der Waals surface area contributed by atoms with Crippen LogP contribution in [-0.2, 0) is 0 Å². The Morgan fingerprint density at radius 1 is 0.759 bits per heavy atom. The molecule has 0 unspecified atom stereocenters. The van der Waals surface area contributed by atoms with E-state index in [4.69, 9.17) is 0 Å². The highest BCUT2D eigenvalue weighted by atomic mass is 15.3. The van der Waals surface area contributed by atoms with Crippen molar-refractivity contribution >= 4 is 22.5 Å². The second-order valence-electron chi connectivity index (χ2n) is 6.92. The second-order valence-corrected chi connectivity index (χ2v) is 6.92. The minimum atomic E-state index is 0.737. The zero-order chi connectivity index (χ0) is 19.6. The van der Waals surface area contributed by atoms with Crippen LogP contribution in [0.2, 0.25) is 0 Å². The maximum absolute atomic E-state index is 4.53. The molecule has 5 nitrogen and oxygen atoms in total. The molecule has 0 bridgehead atoms. The van der Waals surface area contributed by atoms with Gasteiger partial charge in [0.1, 0.15) is 12.1 Å². The average Bonchev–Trinajstić information content (AvgIpc) is 3.21. The van der Waals surface area contributed by atoms with Crippen molar-refractivity contribution in [2.24, 2.45) is 0 Å². The first-order chi connectivity index (χ1) is 14.3. The molecule has 0 radical (unpaired) electrons. The Hall–Kier alpha value is -3.99. The van der Waals surface area contributed by atoms with E-state index in [0.717, 1.165) is 28.2 Å². The Kier molecular flexibility index (Phi) is 4.26. The monoisotopic (exact) mass is 377 g/mol. The molecule has 0 aliphatic heterocycles. The van der Waals surface area contributed by atoms with E-state index in [9.17, 15) is 0 Å². The summed E-state index contributed by atoms with van der Waals surface area (Å²) < 4.78 is 1.83. The molecule has 0 atom stereocenters. The number of fused-ring (bicyclic) bond motifs is 1. The van der Waals surface area contributed by atoms with E-state index in [-0.39, 0.29) is 0 Å². The maximum atomic E-state index is 4.53. The number of hydrogen-bond donors (Lipinski definition) is 1. The Balaban J connectivity index is 1.46. The number of rotatable bonds is 4. The SMILES string of the molecule is Cc1ccc(-n2ncc3c(Nc4ccc(-c5ccccc5)cc4)ncnc32)cc1. The van der Waals surface area contributed by atoms with Crippen molar-refractivity contribution < 1.29 is 0 Å². The molecule has 0 saturated heterocycles. The second kappa shape index (κ2) is 7.20. The van der Waals surface area contributed by atoms with Crippen LogP contribution in [0.5, 0.6) is 0 Å². The van der Waals surface area contributed by atoms with E-state index in [1.807, 2.05) is 35.0 Å².